The molecule has 0 aliphatic carbocycles. The van der Waals surface area contributed by atoms with Gasteiger partial charge in [-0.3, -0.25) is 4.79 Å². The molecule has 0 fully saturated rings. The number of amides is 1. The number of rotatable bonds is 2. The molecule has 0 atom stereocenters. The largest absolute Gasteiger partial charge is 0.335 e. The first-order chi connectivity index (χ1) is 9.41. The molecule has 1 aliphatic heterocycles. The molecule has 0 N–H and O–H groups in total. The molecule has 0 saturated heterocycles. The van der Waals surface area contributed by atoms with Gasteiger partial charge in [-0.1, -0.05) is 60.5 Å². The third-order valence-corrected chi connectivity index (χ3v) is 4.46. The van der Waals surface area contributed by atoms with E-state index in [1.54, 1.807) is 0 Å². The van der Waals surface area contributed by atoms with Crippen molar-refractivity contribution in [3.63, 3.8) is 0 Å². The monoisotopic (exact) mass is 335 g/mol. The molecule has 3 heteroatoms. The van der Waals surface area contributed by atoms with Gasteiger partial charge in [0.05, 0.1) is 0 Å². The molecule has 0 radical (unpaired) electrons. The van der Waals surface area contributed by atoms with Crippen LogP contribution in [0.1, 0.15) is 43.1 Å². The minimum absolute atomic E-state index is 0.135. The van der Waals surface area contributed by atoms with E-state index in [0.717, 1.165) is 30.4 Å². The van der Waals surface area contributed by atoms with Crippen molar-refractivity contribution >= 4 is 21.8 Å². The van der Waals surface area contributed by atoms with Gasteiger partial charge >= 0.3 is 0 Å². The predicted molar refractivity (Wildman–Crippen MR) is 87.1 cm³/mol. The van der Waals surface area contributed by atoms with Gasteiger partial charge in [0.25, 0.3) is 5.91 Å². The van der Waals surface area contributed by atoms with Gasteiger partial charge in [-0.05, 0) is 29.5 Å². The van der Waals surface area contributed by atoms with Gasteiger partial charge in [0.2, 0.25) is 0 Å². The van der Waals surface area contributed by atoms with Crippen LogP contribution in [0, 0.1) is 5.41 Å². The molecule has 1 aromatic carbocycles. The van der Waals surface area contributed by atoms with Crippen LogP contribution in [0.5, 0.6) is 0 Å². The maximum atomic E-state index is 12.4. The molecular formula is C17H22BrNO. The standard InChI is InChI=1S/C17H22BrNO/c1-17(2,3)15-8-10-19(11-9-15)16(20)14-6-4-13(12-18)5-7-14/h4-8H,9-12H2,1-3H3. The van der Waals surface area contributed by atoms with E-state index >= 15 is 0 Å². The van der Waals surface area contributed by atoms with Gasteiger partial charge in [0.15, 0.2) is 0 Å². The van der Waals surface area contributed by atoms with E-state index in [-0.39, 0.29) is 11.3 Å². The second kappa shape index (κ2) is 6.13. The molecule has 1 aliphatic rings. The molecule has 0 aromatic heterocycles. The molecule has 2 rings (SSSR count). The first-order valence-electron chi connectivity index (χ1n) is 7.05. The lowest BCUT2D eigenvalue weighted by Gasteiger charge is -2.32. The molecule has 0 unspecified atom stereocenters. The number of carbonyl (C=O) groups is 1. The maximum absolute atomic E-state index is 12.4. The Morgan fingerprint density at radius 3 is 2.35 bits per heavy atom. The number of nitrogens with zero attached hydrogens (tertiary/aromatic N) is 1. The molecule has 1 amide bonds. The van der Waals surface area contributed by atoms with Gasteiger partial charge in [0, 0.05) is 24.0 Å². The number of alkyl halides is 1. The van der Waals surface area contributed by atoms with Crippen molar-refractivity contribution in [2.24, 2.45) is 5.41 Å². The van der Waals surface area contributed by atoms with Crippen LogP contribution in [-0.2, 0) is 5.33 Å². The van der Waals surface area contributed by atoms with E-state index in [2.05, 4.69) is 42.8 Å². The Kier molecular flexibility index (Phi) is 4.69. The minimum Gasteiger partial charge on any atom is -0.335 e. The van der Waals surface area contributed by atoms with Crippen LogP contribution in [0.25, 0.3) is 0 Å². The van der Waals surface area contributed by atoms with Crippen molar-refractivity contribution in [1.29, 1.82) is 0 Å². The second-order valence-electron chi connectivity index (χ2n) is 6.31. The molecule has 20 heavy (non-hydrogen) atoms. The van der Waals surface area contributed by atoms with Crippen LogP contribution in [0.3, 0.4) is 0 Å². The van der Waals surface area contributed by atoms with E-state index in [0.29, 0.717) is 0 Å². The van der Waals surface area contributed by atoms with Crippen molar-refractivity contribution in [2.75, 3.05) is 13.1 Å². The molecule has 2 nitrogen and oxygen atoms in total. The normalized spacial score (nSPS) is 16.0. The zero-order valence-corrected chi connectivity index (χ0v) is 14.0. The summed E-state index contributed by atoms with van der Waals surface area (Å²) in [6, 6.07) is 7.84. The summed E-state index contributed by atoms with van der Waals surface area (Å²) in [5.74, 6) is 0.135. The van der Waals surface area contributed by atoms with E-state index in [9.17, 15) is 4.79 Å². The quantitative estimate of drug-likeness (QED) is 0.579. The summed E-state index contributed by atoms with van der Waals surface area (Å²) in [5, 5.41) is 0.822. The fourth-order valence-corrected chi connectivity index (χ4v) is 2.83. The van der Waals surface area contributed by atoms with Crippen LogP contribution in [-0.4, -0.2) is 23.9 Å². The first kappa shape index (κ1) is 15.3. The highest BCUT2D eigenvalue weighted by molar-refractivity contribution is 9.08. The number of carbonyl (C=O) groups excluding carboxylic acids is 1. The fraction of sp³-hybridized carbons (Fsp3) is 0.471. The molecule has 0 spiro atoms. The van der Waals surface area contributed by atoms with Crippen LogP contribution in [0.15, 0.2) is 35.9 Å². The van der Waals surface area contributed by atoms with Crippen molar-refractivity contribution in [3.8, 4) is 0 Å². The number of halogens is 1. The van der Waals surface area contributed by atoms with Gasteiger partial charge in [-0.15, -0.1) is 0 Å². The smallest absolute Gasteiger partial charge is 0.254 e. The predicted octanol–water partition coefficient (Wildman–Crippen LogP) is 4.40. The molecule has 0 saturated carbocycles. The SMILES string of the molecule is CC(C)(C)C1=CCN(C(=O)c2ccc(CBr)cc2)CC1. The van der Waals surface area contributed by atoms with Crippen molar-refractivity contribution in [2.45, 2.75) is 32.5 Å². The highest BCUT2D eigenvalue weighted by atomic mass is 79.9. The van der Waals surface area contributed by atoms with Gasteiger partial charge in [-0.2, -0.15) is 0 Å². The van der Waals surface area contributed by atoms with Crippen LogP contribution in [0.2, 0.25) is 0 Å². The average Bonchev–Trinajstić information content (AvgIpc) is 2.46. The summed E-state index contributed by atoms with van der Waals surface area (Å²) in [7, 11) is 0. The summed E-state index contributed by atoms with van der Waals surface area (Å²) in [6.45, 7) is 8.24. The topological polar surface area (TPSA) is 20.3 Å². The Bertz CT molecular complexity index is 511. The molecule has 1 heterocycles. The lowest BCUT2D eigenvalue weighted by atomic mass is 9.83. The summed E-state index contributed by atoms with van der Waals surface area (Å²) >= 11 is 3.42. The van der Waals surface area contributed by atoms with Crippen molar-refractivity contribution in [1.82, 2.24) is 4.90 Å². The lowest BCUT2D eigenvalue weighted by molar-refractivity contribution is 0.0765. The Balaban J connectivity index is 2.06. The zero-order valence-electron chi connectivity index (χ0n) is 12.4. The van der Waals surface area contributed by atoms with Crippen LogP contribution in [0.4, 0.5) is 0 Å². The first-order valence-corrected chi connectivity index (χ1v) is 8.17. The van der Waals surface area contributed by atoms with Crippen LogP contribution < -0.4 is 0 Å². The Hall–Kier alpha value is -1.09. The van der Waals surface area contributed by atoms with E-state index in [1.165, 1.54) is 11.1 Å². The van der Waals surface area contributed by atoms with Crippen LogP contribution >= 0.6 is 15.9 Å². The van der Waals surface area contributed by atoms with Gasteiger partial charge in [0.1, 0.15) is 0 Å². The van der Waals surface area contributed by atoms with Crippen molar-refractivity contribution < 1.29 is 4.79 Å². The minimum atomic E-state index is 0.135. The maximum Gasteiger partial charge on any atom is 0.254 e. The van der Waals surface area contributed by atoms with Crippen molar-refractivity contribution in [3.05, 3.63) is 47.0 Å². The number of hydrogen-bond acceptors (Lipinski definition) is 1. The van der Waals surface area contributed by atoms with Gasteiger partial charge < -0.3 is 4.90 Å². The Morgan fingerprint density at radius 2 is 1.90 bits per heavy atom. The number of hydrogen-bond donors (Lipinski definition) is 0. The van der Waals surface area contributed by atoms with E-state index in [4.69, 9.17) is 0 Å². The highest BCUT2D eigenvalue weighted by Gasteiger charge is 2.24. The third kappa shape index (κ3) is 3.51. The average molecular weight is 336 g/mol. The van der Waals surface area contributed by atoms with E-state index < -0.39 is 0 Å². The summed E-state index contributed by atoms with van der Waals surface area (Å²) in [6.07, 6.45) is 3.20. The number of benzene rings is 1. The lowest BCUT2D eigenvalue weighted by Crippen LogP contribution is -2.36. The van der Waals surface area contributed by atoms with E-state index in [1.807, 2.05) is 29.2 Å². The fourth-order valence-electron chi connectivity index (χ4n) is 2.45. The summed E-state index contributed by atoms with van der Waals surface area (Å²) < 4.78 is 0. The molecule has 108 valence electrons. The molecule has 0 bridgehead atoms. The summed E-state index contributed by atoms with van der Waals surface area (Å²) in [4.78, 5) is 14.4. The highest BCUT2D eigenvalue weighted by Crippen LogP contribution is 2.30. The third-order valence-electron chi connectivity index (χ3n) is 3.81. The summed E-state index contributed by atoms with van der Waals surface area (Å²) in [5.41, 5.74) is 3.64. The zero-order chi connectivity index (χ0) is 14.8. The molecule has 1 aromatic rings. The Labute approximate surface area is 130 Å². The molecular weight excluding hydrogens is 314 g/mol. The second-order valence-corrected chi connectivity index (χ2v) is 6.87. The Morgan fingerprint density at radius 1 is 1.25 bits per heavy atom. The van der Waals surface area contributed by atoms with Gasteiger partial charge in [-0.25, -0.2) is 0 Å².